The van der Waals surface area contributed by atoms with E-state index in [1.165, 1.54) is 6.20 Å². The maximum atomic E-state index is 11.8. The molecule has 0 radical (unpaired) electrons. The molecule has 1 N–H and O–H groups in total. The summed E-state index contributed by atoms with van der Waals surface area (Å²) in [5.74, 6) is 0.769. The van der Waals surface area contributed by atoms with Gasteiger partial charge in [-0.1, -0.05) is 0 Å². The normalized spacial score (nSPS) is 16.5. The Balaban J connectivity index is 1.92. The first-order valence-electron chi connectivity index (χ1n) is 5.72. The van der Waals surface area contributed by atoms with Crippen LogP contribution >= 0.6 is 0 Å². The van der Waals surface area contributed by atoms with Crippen LogP contribution < -0.4 is 14.8 Å². The molecule has 1 aliphatic rings. The Morgan fingerprint density at radius 2 is 2.18 bits per heavy atom. The number of nitrogens with zero attached hydrogens (tertiary/aromatic N) is 1. The Bertz CT molecular complexity index is 372. The van der Waals surface area contributed by atoms with Crippen LogP contribution in [0.2, 0.25) is 0 Å². The molecule has 5 nitrogen and oxygen atoms in total. The summed E-state index contributed by atoms with van der Waals surface area (Å²) in [4.78, 5) is 15.8. The Hall–Kier alpha value is -1.62. The molecule has 1 saturated heterocycles. The van der Waals surface area contributed by atoms with Crippen molar-refractivity contribution in [1.82, 2.24) is 10.3 Å². The van der Waals surface area contributed by atoms with Gasteiger partial charge in [0.05, 0.1) is 19.2 Å². The van der Waals surface area contributed by atoms with Crippen molar-refractivity contribution < 1.29 is 14.3 Å². The van der Waals surface area contributed by atoms with Gasteiger partial charge in [0.1, 0.15) is 5.75 Å². The molecule has 2 heterocycles. The zero-order valence-corrected chi connectivity index (χ0v) is 9.81. The van der Waals surface area contributed by atoms with Gasteiger partial charge in [-0.3, -0.25) is 4.79 Å². The predicted molar refractivity (Wildman–Crippen MR) is 62.0 cm³/mol. The second kappa shape index (κ2) is 5.63. The first-order chi connectivity index (χ1) is 8.29. The van der Waals surface area contributed by atoms with E-state index in [2.05, 4.69) is 10.3 Å². The highest BCUT2D eigenvalue weighted by Crippen LogP contribution is 2.17. The summed E-state index contributed by atoms with van der Waals surface area (Å²) >= 11 is 0. The Labute approximate surface area is 100 Å². The van der Waals surface area contributed by atoms with Crippen LogP contribution in [0.3, 0.4) is 0 Å². The standard InChI is InChI=1S/C12H16N2O3/c1-16-10-2-3-11(14-8-10)17-12(15)9-4-6-13-7-5-9/h2-3,8-9,13H,4-7H2,1H3. The quantitative estimate of drug-likeness (QED) is 0.793. The zero-order chi connectivity index (χ0) is 12.1. The summed E-state index contributed by atoms with van der Waals surface area (Å²) in [6, 6.07) is 3.36. The molecule has 0 saturated carbocycles. The minimum absolute atomic E-state index is 0.0137. The first kappa shape index (κ1) is 11.9. The molecule has 5 heteroatoms. The van der Waals surface area contributed by atoms with Crippen LogP contribution in [0.1, 0.15) is 12.8 Å². The average Bonchev–Trinajstić information content (AvgIpc) is 2.40. The summed E-state index contributed by atoms with van der Waals surface area (Å²) in [6.07, 6.45) is 3.19. The fraction of sp³-hybridized carbons (Fsp3) is 0.500. The lowest BCUT2D eigenvalue weighted by Crippen LogP contribution is -2.33. The van der Waals surface area contributed by atoms with Gasteiger partial charge in [-0.2, -0.15) is 0 Å². The largest absolute Gasteiger partial charge is 0.495 e. The topological polar surface area (TPSA) is 60.5 Å². The van der Waals surface area contributed by atoms with Crippen LogP contribution in [0.5, 0.6) is 11.6 Å². The third kappa shape index (κ3) is 3.17. The monoisotopic (exact) mass is 236 g/mol. The number of hydrogen-bond acceptors (Lipinski definition) is 5. The second-order valence-corrected chi connectivity index (χ2v) is 3.98. The Kier molecular flexibility index (Phi) is 3.93. The second-order valence-electron chi connectivity index (χ2n) is 3.98. The van der Waals surface area contributed by atoms with Crippen molar-refractivity contribution in [2.75, 3.05) is 20.2 Å². The molecule has 2 rings (SSSR count). The molecular weight excluding hydrogens is 220 g/mol. The molecule has 0 amide bonds. The number of rotatable bonds is 3. The maximum absolute atomic E-state index is 11.8. The van der Waals surface area contributed by atoms with Crippen molar-refractivity contribution in [3.63, 3.8) is 0 Å². The first-order valence-corrected chi connectivity index (χ1v) is 5.72. The lowest BCUT2D eigenvalue weighted by Gasteiger charge is -2.20. The molecule has 0 aliphatic carbocycles. The van der Waals surface area contributed by atoms with Crippen LogP contribution in [0, 0.1) is 5.92 Å². The van der Waals surface area contributed by atoms with E-state index in [0.29, 0.717) is 11.6 Å². The molecule has 0 bridgehead atoms. The van der Waals surface area contributed by atoms with E-state index in [1.807, 2.05) is 0 Å². The van der Waals surface area contributed by atoms with Gasteiger partial charge in [-0.15, -0.1) is 0 Å². The lowest BCUT2D eigenvalue weighted by molar-refractivity contribution is -0.140. The highest BCUT2D eigenvalue weighted by atomic mass is 16.5. The molecule has 0 atom stereocenters. The number of hydrogen-bond donors (Lipinski definition) is 1. The van der Waals surface area contributed by atoms with Crippen molar-refractivity contribution in [2.24, 2.45) is 5.92 Å². The average molecular weight is 236 g/mol. The van der Waals surface area contributed by atoms with E-state index in [1.54, 1.807) is 19.2 Å². The molecule has 0 aromatic carbocycles. The fourth-order valence-electron chi connectivity index (χ4n) is 1.79. The number of pyridine rings is 1. The van der Waals surface area contributed by atoms with Crippen molar-refractivity contribution in [3.8, 4) is 11.6 Å². The highest BCUT2D eigenvalue weighted by molar-refractivity contribution is 5.74. The van der Waals surface area contributed by atoms with Gasteiger partial charge in [0.15, 0.2) is 0 Å². The Morgan fingerprint density at radius 1 is 1.41 bits per heavy atom. The third-order valence-electron chi connectivity index (χ3n) is 2.82. The van der Waals surface area contributed by atoms with Crippen molar-refractivity contribution in [1.29, 1.82) is 0 Å². The smallest absolute Gasteiger partial charge is 0.315 e. The zero-order valence-electron chi connectivity index (χ0n) is 9.81. The number of methoxy groups -OCH3 is 1. The van der Waals surface area contributed by atoms with Crippen molar-refractivity contribution in [3.05, 3.63) is 18.3 Å². The maximum Gasteiger partial charge on any atom is 0.315 e. The van der Waals surface area contributed by atoms with Crippen LogP contribution in [-0.2, 0) is 4.79 Å². The van der Waals surface area contributed by atoms with E-state index in [4.69, 9.17) is 9.47 Å². The van der Waals surface area contributed by atoms with E-state index >= 15 is 0 Å². The molecule has 17 heavy (non-hydrogen) atoms. The van der Waals surface area contributed by atoms with Gasteiger partial charge < -0.3 is 14.8 Å². The number of carbonyl (C=O) groups excluding carboxylic acids is 1. The molecule has 1 aromatic heterocycles. The fourth-order valence-corrected chi connectivity index (χ4v) is 1.79. The molecule has 0 unspecified atom stereocenters. The summed E-state index contributed by atoms with van der Waals surface area (Å²) < 4.78 is 10.2. The van der Waals surface area contributed by atoms with E-state index in [9.17, 15) is 4.79 Å². The minimum atomic E-state index is -0.191. The van der Waals surface area contributed by atoms with Gasteiger partial charge in [-0.25, -0.2) is 4.98 Å². The molecule has 0 spiro atoms. The summed E-state index contributed by atoms with van der Waals surface area (Å²) in [7, 11) is 1.57. The molecular formula is C12H16N2O3. The van der Waals surface area contributed by atoms with Crippen LogP contribution in [-0.4, -0.2) is 31.2 Å². The number of piperidine rings is 1. The number of carbonyl (C=O) groups is 1. The molecule has 1 fully saturated rings. The van der Waals surface area contributed by atoms with Gasteiger partial charge in [-0.05, 0) is 32.0 Å². The summed E-state index contributed by atoms with van der Waals surface area (Å²) in [5, 5.41) is 3.21. The van der Waals surface area contributed by atoms with E-state index < -0.39 is 0 Å². The van der Waals surface area contributed by atoms with Gasteiger partial charge in [0.25, 0.3) is 0 Å². The molecule has 1 aromatic rings. The van der Waals surface area contributed by atoms with Crippen molar-refractivity contribution >= 4 is 5.97 Å². The number of aromatic nitrogens is 1. The van der Waals surface area contributed by atoms with E-state index in [-0.39, 0.29) is 11.9 Å². The SMILES string of the molecule is COc1ccc(OC(=O)C2CCNCC2)nc1. The Morgan fingerprint density at radius 3 is 2.76 bits per heavy atom. The van der Waals surface area contributed by atoms with Crippen LogP contribution in [0.4, 0.5) is 0 Å². The van der Waals surface area contributed by atoms with Crippen molar-refractivity contribution in [2.45, 2.75) is 12.8 Å². The van der Waals surface area contributed by atoms with Crippen LogP contribution in [0.15, 0.2) is 18.3 Å². The molecule has 92 valence electrons. The van der Waals surface area contributed by atoms with Gasteiger partial charge >= 0.3 is 5.97 Å². The summed E-state index contributed by atoms with van der Waals surface area (Å²) in [6.45, 7) is 1.74. The van der Waals surface area contributed by atoms with Crippen LogP contribution in [0.25, 0.3) is 0 Å². The van der Waals surface area contributed by atoms with Gasteiger partial charge in [0.2, 0.25) is 5.88 Å². The lowest BCUT2D eigenvalue weighted by atomic mass is 9.99. The minimum Gasteiger partial charge on any atom is -0.495 e. The highest BCUT2D eigenvalue weighted by Gasteiger charge is 2.23. The van der Waals surface area contributed by atoms with Gasteiger partial charge in [0, 0.05) is 6.07 Å². The number of nitrogens with one attached hydrogen (secondary N) is 1. The molecule has 1 aliphatic heterocycles. The number of esters is 1. The van der Waals surface area contributed by atoms with E-state index in [0.717, 1.165) is 25.9 Å². The predicted octanol–water partition coefficient (Wildman–Crippen LogP) is 0.995. The summed E-state index contributed by atoms with van der Waals surface area (Å²) in [5.41, 5.74) is 0. The third-order valence-corrected chi connectivity index (χ3v) is 2.82. The number of ether oxygens (including phenoxy) is 2.